The molecule has 0 spiro atoms. The Kier molecular flexibility index (Phi) is 4.37. The Morgan fingerprint density at radius 2 is 1.82 bits per heavy atom. The maximum Gasteiger partial charge on any atom is 0.317 e. The molecule has 0 aliphatic carbocycles. The summed E-state index contributed by atoms with van der Waals surface area (Å²) in [5, 5.41) is 2.88. The molecule has 2 aromatic rings. The molecule has 0 saturated carbocycles. The van der Waals surface area contributed by atoms with Crippen molar-refractivity contribution in [1.29, 1.82) is 0 Å². The monoisotopic (exact) mass is 298 g/mol. The second-order valence-electron chi connectivity index (χ2n) is 5.51. The predicted octanol–water partition coefficient (Wildman–Crippen LogP) is 3.14. The van der Waals surface area contributed by atoms with Crippen molar-refractivity contribution in [2.75, 3.05) is 13.1 Å². The van der Waals surface area contributed by atoms with E-state index in [2.05, 4.69) is 17.4 Å². The topological polar surface area (TPSA) is 32.3 Å². The number of hydrogen-bond donors (Lipinski definition) is 1. The third-order valence-corrected chi connectivity index (χ3v) is 4.05. The number of hydrogen-bond acceptors (Lipinski definition) is 1. The SMILES string of the molecule is O=C(NCCc1ccccc1F)N1CCc2ccccc2C1. The first kappa shape index (κ1) is 14.6. The smallest absolute Gasteiger partial charge is 0.317 e. The summed E-state index contributed by atoms with van der Waals surface area (Å²) in [6, 6.07) is 14.8. The van der Waals surface area contributed by atoms with E-state index in [-0.39, 0.29) is 11.8 Å². The fourth-order valence-corrected chi connectivity index (χ4v) is 2.79. The van der Waals surface area contributed by atoms with E-state index < -0.39 is 0 Å². The van der Waals surface area contributed by atoms with Crippen molar-refractivity contribution >= 4 is 6.03 Å². The molecule has 1 aliphatic rings. The lowest BCUT2D eigenvalue weighted by Crippen LogP contribution is -2.43. The number of rotatable bonds is 3. The molecule has 4 heteroatoms. The fourth-order valence-electron chi connectivity index (χ4n) is 2.79. The van der Waals surface area contributed by atoms with E-state index in [1.165, 1.54) is 17.2 Å². The average Bonchev–Trinajstić information content (AvgIpc) is 2.56. The van der Waals surface area contributed by atoms with Crippen LogP contribution in [0, 0.1) is 5.82 Å². The highest BCUT2D eigenvalue weighted by atomic mass is 19.1. The zero-order chi connectivity index (χ0) is 15.4. The van der Waals surface area contributed by atoms with Crippen molar-refractivity contribution in [1.82, 2.24) is 10.2 Å². The van der Waals surface area contributed by atoms with Gasteiger partial charge in [0.15, 0.2) is 0 Å². The third kappa shape index (κ3) is 3.27. The lowest BCUT2D eigenvalue weighted by atomic mass is 10.0. The van der Waals surface area contributed by atoms with Crippen molar-refractivity contribution in [3.63, 3.8) is 0 Å². The molecule has 0 aromatic heterocycles. The first-order valence-electron chi connectivity index (χ1n) is 7.57. The summed E-state index contributed by atoms with van der Waals surface area (Å²) in [5.74, 6) is -0.219. The van der Waals surface area contributed by atoms with Crippen molar-refractivity contribution in [3.05, 3.63) is 71.0 Å². The van der Waals surface area contributed by atoms with Gasteiger partial charge in [-0.3, -0.25) is 0 Å². The average molecular weight is 298 g/mol. The minimum Gasteiger partial charge on any atom is -0.338 e. The minimum absolute atomic E-state index is 0.0779. The molecular weight excluding hydrogens is 279 g/mol. The highest BCUT2D eigenvalue weighted by Crippen LogP contribution is 2.18. The summed E-state index contributed by atoms with van der Waals surface area (Å²) in [7, 11) is 0. The lowest BCUT2D eigenvalue weighted by Gasteiger charge is -2.29. The van der Waals surface area contributed by atoms with Gasteiger partial charge in [-0.1, -0.05) is 42.5 Å². The van der Waals surface area contributed by atoms with Crippen molar-refractivity contribution in [2.24, 2.45) is 0 Å². The van der Waals surface area contributed by atoms with E-state index in [0.717, 1.165) is 13.0 Å². The first-order chi connectivity index (χ1) is 10.7. The van der Waals surface area contributed by atoms with Gasteiger partial charge in [0.2, 0.25) is 0 Å². The predicted molar refractivity (Wildman–Crippen MR) is 84.1 cm³/mol. The van der Waals surface area contributed by atoms with Gasteiger partial charge in [0.25, 0.3) is 0 Å². The first-order valence-corrected chi connectivity index (χ1v) is 7.57. The normalized spacial score (nSPS) is 13.6. The Morgan fingerprint density at radius 3 is 2.64 bits per heavy atom. The molecule has 0 saturated heterocycles. The second kappa shape index (κ2) is 6.60. The van der Waals surface area contributed by atoms with E-state index in [0.29, 0.717) is 25.1 Å². The van der Waals surface area contributed by atoms with Gasteiger partial charge in [0.05, 0.1) is 0 Å². The zero-order valence-corrected chi connectivity index (χ0v) is 12.4. The van der Waals surface area contributed by atoms with E-state index in [4.69, 9.17) is 0 Å². The number of carbonyl (C=O) groups excluding carboxylic acids is 1. The Morgan fingerprint density at radius 1 is 1.09 bits per heavy atom. The summed E-state index contributed by atoms with van der Waals surface area (Å²) in [6.45, 7) is 1.81. The molecule has 3 rings (SSSR count). The van der Waals surface area contributed by atoms with Gasteiger partial charge in [0, 0.05) is 19.6 Å². The Bertz CT molecular complexity index is 672. The molecule has 2 aromatic carbocycles. The van der Waals surface area contributed by atoms with Crippen LogP contribution in [0.2, 0.25) is 0 Å². The molecule has 1 N–H and O–H groups in total. The van der Waals surface area contributed by atoms with Gasteiger partial charge in [-0.25, -0.2) is 9.18 Å². The summed E-state index contributed by atoms with van der Waals surface area (Å²) < 4.78 is 13.5. The van der Waals surface area contributed by atoms with Crippen LogP contribution < -0.4 is 5.32 Å². The van der Waals surface area contributed by atoms with Crippen molar-refractivity contribution in [3.8, 4) is 0 Å². The van der Waals surface area contributed by atoms with E-state index in [9.17, 15) is 9.18 Å². The van der Waals surface area contributed by atoms with Crippen molar-refractivity contribution < 1.29 is 9.18 Å². The Balaban J connectivity index is 1.52. The van der Waals surface area contributed by atoms with Gasteiger partial charge in [-0.2, -0.15) is 0 Å². The summed E-state index contributed by atoms with van der Waals surface area (Å²) in [4.78, 5) is 14.0. The van der Waals surface area contributed by atoms with E-state index in [1.807, 2.05) is 23.1 Å². The summed E-state index contributed by atoms with van der Waals surface area (Å²) in [5.41, 5.74) is 3.16. The number of urea groups is 1. The number of nitrogens with one attached hydrogen (secondary N) is 1. The molecule has 1 aliphatic heterocycles. The molecule has 114 valence electrons. The Labute approximate surface area is 129 Å². The van der Waals surface area contributed by atoms with Gasteiger partial charge >= 0.3 is 6.03 Å². The van der Waals surface area contributed by atoms with Crippen LogP contribution in [0.25, 0.3) is 0 Å². The third-order valence-electron chi connectivity index (χ3n) is 4.05. The molecule has 3 nitrogen and oxygen atoms in total. The number of benzene rings is 2. The Hall–Kier alpha value is -2.36. The number of carbonyl (C=O) groups is 1. The van der Waals surface area contributed by atoms with Gasteiger partial charge in [0.1, 0.15) is 5.82 Å². The summed E-state index contributed by atoms with van der Waals surface area (Å²) in [6.07, 6.45) is 1.39. The lowest BCUT2D eigenvalue weighted by molar-refractivity contribution is 0.192. The molecule has 0 unspecified atom stereocenters. The maximum absolute atomic E-state index is 13.5. The van der Waals surface area contributed by atoms with Crippen LogP contribution in [0.15, 0.2) is 48.5 Å². The van der Waals surface area contributed by atoms with Crippen LogP contribution in [0.1, 0.15) is 16.7 Å². The van der Waals surface area contributed by atoms with E-state index in [1.54, 1.807) is 12.1 Å². The van der Waals surface area contributed by atoms with Crippen LogP contribution in [0.3, 0.4) is 0 Å². The van der Waals surface area contributed by atoms with Gasteiger partial charge in [-0.05, 0) is 35.6 Å². The fraction of sp³-hybridized carbons (Fsp3) is 0.278. The molecule has 0 radical (unpaired) electrons. The molecule has 1 heterocycles. The number of fused-ring (bicyclic) bond motifs is 1. The van der Waals surface area contributed by atoms with Crippen LogP contribution in [0.4, 0.5) is 9.18 Å². The van der Waals surface area contributed by atoms with Crippen LogP contribution in [0.5, 0.6) is 0 Å². The number of amides is 2. The molecule has 0 bridgehead atoms. The maximum atomic E-state index is 13.5. The van der Waals surface area contributed by atoms with Crippen LogP contribution in [-0.4, -0.2) is 24.0 Å². The van der Waals surface area contributed by atoms with E-state index >= 15 is 0 Å². The molecule has 0 atom stereocenters. The summed E-state index contributed by atoms with van der Waals surface area (Å²) >= 11 is 0. The minimum atomic E-state index is -0.219. The van der Waals surface area contributed by atoms with Crippen molar-refractivity contribution in [2.45, 2.75) is 19.4 Å². The zero-order valence-electron chi connectivity index (χ0n) is 12.4. The molecular formula is C18H19FN2O. The van der Waals surface area contributed by atoms with Crippen LogP contribution in [-0.2, 0) is 19.4 Å². The highest BCUT2D eigenvalue weighted by molar-refractivity contribution is 5.74. The van der Waals surface area contributed by atoms with Gasteiger partial charge in [-0.15, -0.1) is 0 Å². The largest absolute Gasteiger partial charge is 0.338 e. The second-order valence-corrected chi connectivity index (χ2v) is 5.51. The quantitative estimate of drug-likeness (QED) is 0.927. The highest BCUT2D eigenvalue weighted by Gasteiger charge is 2.19. The van der Waals surface area contributed by atoms with Gasteiger partial charge < -0.3 is 10.2 Å². The standard InChI is InChI=1S/C18H19FN2O/c19-17-8-4-3-6-15(17)9-11-20-18(22)21-12-10-14-5-1-2-7-16(14)13-21/h1-8H,9-13H2,(H,20,22). The number of halogens is 1. The number of nitrogens with zero attached hydrogens (tertiary/aromatic N) is 1. The molecule has 0 fully saturated rings. The molecule has 22 heavy (non-hydrogen) atoms. The van der Waals surface area contributed by atoms with Crippen LogP contribution >= 0.6 is 0 Å². The molecule has 2 amide bonds.